The number of imidazole rings is 1. The molecule has 0 spiro atoms. The Morgan fingerprint density at radius 3 is 2.44 bits per heavy atom. The number of piperidine rings is 1. The molecule has 2 bridgehead atoms. The lowest BCUT2D eigenvalue weighted by atomic mass is 9.80. The van der Waals surface area contributed by atoms with E-state index < -0.39 is 47.9 Å². The molecule has 0 radical (unpaired) electrons. The molecule has 16 heteroatoms. The Labute approximate surface area is 395 Å². The quantitative estimate of drug-likeness (QED) is 0.138. The summed E-state index contributed by atoms with van der Waals surface area (Å²) in [4.78, 5) is 73.4. The van der Waals surface area contributed by atoms with Crippen LogP contribution in [0.4, 0.5) is 0 Å². The third kappa shape index (κ3) is 10.3. The van der Waals surface area contributed by atoms with Crippen LogP contribution in [0.1, 0.15) is 66.6 Å². The van der Waals surface area contributed by atoms with Gasteiger partial charge in [0.1, 0.15) is 23.7 Å². The van der Waals surface area contributed by atoms with E-state index >= 15 is 9.59 Å². The SMILES string of the molecule is C[C@H]1C(=O)N[C@@H](CO)C(=O)N[C@@]2(Cc3ccc(Cl)cc3)CCCN(C2)C(=O)[C@H]([C@@H]2CCc3ccccc32)CC(=O)N1Cc1ccc(Cl)cc1Oc1ccc(-c2cnc(CN(C)C)n2C)cn1. The van der Waals surface area contributed by atoms with Crippen LogP contribution in [0.3, 0.4) is 0 Å². The first-order chi connectivity index (χ1) is 31.7. The number of nitrogens with one attached hydrogen (secondary N) is 2. The summed E-state index contributed by atoms with van der Waals surface area (Å²) in [5.41, 5.74) is 4.39. The first-order valence-corrected chi connectivity index (χ1v) is 23.2. The van der Waals surface area contributed by atoms with Crippen molar-refractivity contribution in [2.75, 3.05) is 33.8 Å². The van der Waals surface area contributed by atoms with Crippen molar-refractivity contribution in [1.82, 2.24) is 39.9 Å². The maximum absolute atomic E-state index is 15.2. The van der Waals surface area contributed by atoms with E-state index in [0.29, 0.717) is 60.1 Å². The number of halogens is 2. The largest absolute Gasteiger partial charge is 0.439 e. The standard InChI is InChI=1S/C50H56Cl2N8O6/c1-31-47(63)55-41(29-61)48(64)56-50(24-32-10-15-36(51)16-11-32)20-7-21-59(30-50)49(65)40(39-18-13-33-8-5-6-9-38(33)39)23-46(62)60(31)27-35-12-17-37(52)22-43(35)66-45-19-14-34(25-54-45)42-26-53-44(58(42)4)28-57(2)3/h5-6,8-12,14-17,19,22,25-26,31,39-41,61H,7,13,18,20-21,23-24,27-30H2,1-4H3,(H,55,63)(H,56,64)/t31-,39+,40-,41-,50+/m0/s1. The lowest BCUT2D eigenvalue weighted by Crippen LogP contribution is -2.65. The molecule has 2 saturated heterocycles. The summed E-state index contributed by atoms with van der Waals surface area (Å²) in [6, 6.07) is 21.6. The van der Waals surface area contributed by atoms with Crippen LogP contribution >= 0.6 is 23.2 Å². The number of amides is 4. The van der Waals surface area contributed by atoms with E-state index in [1.54, 1.807) is 54.4 Å². The lowest BCUT2D eigenvalue weighted by Gasteiger charge is -2.46. The molecule has 2 aromatic heterocycles. The molecule has 5 atom stereocenters. The smallest absolute Gasteiger partial charge is 0.245 e. The number of ether oxygens (including phenoxy) is 1. The van der Waals surface area contributed by atoms with E-state index in [9.17, 15) is 14.7 Å². The van der Waals surface area contributed by atoms with Gasteiger partial charge in [0, 0.05) is 60.0 Å². The molecule has 0 saturated carbocycles. The van der Waals surface area contributed by atoms with E-state index in [0.717, 1.165) is 40.2 Å². The first-order valence-electron chi connectivity index (χ1n) is 22.4. The summed E-state index contributed by atoms with van der Waals surface area (Å²) in [5, 5.41) is 17.5. The van der Waals surface area contributed by atoms with Gasteiger partial charge in [-0.25, -0.2) is 9.97 Å². The second kappa shape index (κ2) is 20.0. The molecule has 1 aliphatic carbocycles. The Balaban J connectivity index is 1.13. The number of aromatic nitrogens is 3. The molecule has 2 aliphatic heterocycles. The number of nitrogens with zero attached hydrogens (tertiary/aromatic N) is 6. The van der Waals surface area contributed by atoms with E-state index in [1.807, 2.05) is 73.2 Å². The van der Waals surface area contributed by atoms with Crippen LogP contribution in [0.2, 0.25) is 10.0 Å². The Morgan fingerprint density at radius 2 is 1.70 bits per heavy atom. The first kappa shape index (κ1) is 46.7. The van der Waals surface area contributed by atoms with E-state index in [2.05, 4.69) is 26.7 Å². The molecule has 3 aliphatic rings. The molecule has 4 amide bonds. The number of hydrogen-bond donors (Lipinski definition) is 3. The van der Waals surface area contributed by atoms with Gasteiger partial charge < -0.3 is 39.7 Å². The van der Waals surface area contributed by atoms with Crippen LogP contribution in [0.15, 0.2) is 91.3 Å². The maximum Gasteiger partial charge on any atom is 0.245 e. The predicted octanol–water partition coefficient (Wildman–Crippen LogP) is 6.31. The minimum Gasteiger partial charge on any atom is -0.439 e. The minimum absolute atomic E-state index is 0.117. The zero-order valence-electron chi connectivity index (χ0n) is 37.7. The highest BCUT2D eigenvalue weighted by Crippen LogP contribution is 2.42. The fraction of sp³-hybridized carbons (Fsp3) is 0.400. The Morgan fingerprint density at radius 1 is 0.924 bits per heavy atom. The number of benzene rings is 3. The van der Waals surface area contributed by atoms with Crippen LogP contribution in [0, 0.1) is 5.92 Å². The van der Waals surface area contributed by atoms with Crippen LogP contribution in [-0.4, -0.2) is 109 Å². The highest BCUT2D eigenvalue weighted by Gasteiger charge is 2.45. The average Bonchev–Trinajstić information content (AvgIpc) is 3.89. The van der Waals surface area contributed by atoms with Crippen molar-refractivity contribution >= 4 is 46.8 Å². The molecule has 14 nitrogen and oxygen atoms in total. The highest BCUT2D eigenvalue weighted by atomic mass is 35.5. The zero-order valence-corrected chi connectivity index (χ0v) is 39.2. The van der Waals surface area contributed by atoms with Crippen molar-refractivity contribution in [2.24, 2.45) is 13.0 Å². The Kier molecular flexibility index (Phi) is 14.1. The molecule has 5 aromatic rings. The van der Waals surface area contributed by atoms with Gasteiger partial charge in [-0.3, -0.25) is 19.2 Å². The molecular weight excluding hydrogens is 880 g/mol. The van der Waals surface area contributed by atoms with Crippen LogP contribution in [-0.2, 0) is 52.2 Å². The molecule has 3 N–H and O–H groups in total. The molecule has 66 heavy (non-hydrogen) atoms. The van der Waals surface area contributed by atoms with E-state index in [4.69, 9.17) is 27.9 Å². The Bertz CT molecular complexity index is 2590. The monoisotopic (exact) mass is 934 g/mol. The van der Waals surface area contributed by atoms with Gasteiger partial charge in [0.2, 0.25) is 29.5 Å². The third-order valence-corrected chi connectivity index (χ3v) is 13.7. The zero-order chi connectivity index (χ0) is 46.7. The number of carbonyl (C=O) groups is 4. The second-order valence-corrected chi connectivity index (χ2v) is 19.0. The molecule has 8 rings (SSSR count). The van der Waals surface area contributed by atoms with Crippen molar-refractivity contribution < 1.29 is 29.0 Å². The maximum atomic E-state index is 15.2. The summed E-state index contributed by atoms with van der Waals surface area (Å²) < 4.78 is 8.39. The average molecular weight is 936 g/mol. The minimum atomic E-state index is -1.34. The third-order valence-electron chi connectivity index (χ3n) is 13.3. The number of aryl methyl sites for hydroxylation is 1. The number of fused-ring (bicyclic) bond motifs is 3. The second-order valence-electron chi connectivity index (χ2n) is 18.1. The van der Waals surface area contributed by atoms with Gasteiger partial charge in [-0.1, -0.05) is 65.7 Å². The van der Waals surface area contributed by atoms with Crippen molar-refractivity contribution in [3.8, 4) is 22.9 Å². The van der Waals surface area contributed by atoms with Gasteiger partial charge >= 0.3 is 0 Å². The number of aliphatic hydroxyl groups is 1. The number of carbonyl (C=O) groups excluding carboxylic acids is 4. The summed E-state index contributed by atoms with van der Waals surface area (Å²) in [6.45, 7) is 2.05. The summed E-state index contributed by atoms with van der Waals surface area (Å²) in [7, 11) is 5.93. The van der Waals surface area contributed by atoms with E-state index in [1.165, 1.54) is 4.90 Å². The van der Waals surface area contributed by atoms with E-state index in [-0.39, 0.29) is 37.2 Å². The van der Waals surface area contributed by atoms with Gasteiger partial charge in [-0.05, 0) is 106 Å². The number of hydrogen-bond acceptors (Lipinski definition) is 9. The predicted molar refractivity (Wildman–Crippen MR) is 252 cm³/mol. The summed E-state index contributed by atoms with van der Waals surface area (Å²) >= 11 is 12.8. The molecule has 3 aromatic carbocycles. The van der Waals surface area contributed by atoms with Gasteiger partial charge in [-0.2, -0.15) is 0 Å². The number of rotatable bonds is 11. The van der Waals surface area contributed by atoms with Crippen molar-refractivity contribution in [3.05, 3.63) is 129 Å². The fourth-order valence-electron chi connectivity index (χ4n) is 9.76. The topological polar surface area (TPSA) is 162 Å². The Hall–Kier alpha value is -5.80. The van der Waals surface area contributed by atoms with Crippen LogP contribution in [0.5, 0.6) is 11.6 Å². The molecular formula is C50H56Cl2N8O6. The fourth-order valence-corrected chi connectivity index (χ4v) is 10.0. The van der Waals surface area contributed by atoms with Gasteiger partial charge in [0.05, 0.1) is 43.0 Å². The van der Waals surface area contributed by atoms with Gasteiger partial charge in [0.25, 0.3) is 0 Å². The molecule has 2 fully saturated rings. The molecule has 346 valence electrons. The van der Waals surface area contributed by atoms with Crippen molar-refractivity contribution in [2.45, 2.75) is 82.1 Å². The van der Waals surface area contributed by atoms with Gasteiger partial charge in [-0.15, -0.1) is 0 Å². The lowest BCUT2D eigenvalue weighted by molar-refractivity contribution is -0.148. The molecule has 0 unspecified atom stereocenters. The van der Waals surface area contributed by atoms with Crippen LogP contribution in [0.25, 0.3) is 11.3 Å². The van der Waals surface area contributed by atoms with Crippen LogP contribution < -0.4 is 15.4 Å². The van der Waals surface area contributed by atoms with Gasteiger partial charge in [0.15, 0.2) is 0 Å². The summed E-state index contributed by atoms with van der Waals surface area (Å²) in [6.07, 6.45) is 6.27. The normalized spacial score (nSPS) is 22.8. The highest BCUT2D eigenvalue weighted by molar-refractivity contribution is 6.31. The van der Waals surface area contributed by atoms with Crippen molar-refractivity contribution in [3.63, 3.8) is 0 Å². The van der Waals surface area contributed by atoms with Crippen molar-refractivity contribution in [1.29, 1.82) is 0 Å². The summed E-state index contributed by atoms with van der Waals surface area (Å²) in [5.74, 6) is -1.40. The number of aliphatic hydroxyl groups excluding tert-OH is 1. The number of pyridine rings is 1. The molecule has 4 heterocycles.